The molecule has 1 N–H and O–H groups in total. The Labute approximate surface area is 121 Å². The summed E-state index contributed by atoms with van der Waals surface area (Å²) in [5, 5.41) is 19.4. The van der Waals surface area contributed by atoms with Gasteiger partial charge in [-0.25, -0.2) is 0 Å². The van der Waals surface area contributed by atoms with Gasteiger partial charge in [-0.3, -0.25) is 0 Å². The lowest BCUT2D eigenvalue weighted by atomic mass is 10.1. The fourth-order valence-electron chi connectivity index (χ4n) is 1.69. The van der Waals surface area contributed by atoms with Crippen LogP contribution in [0.25, 0.3) is 0 Å². The summed E-state index contributed by atoms with van der Waals surface area (Å²) in [5.74, 6) is 0. The van der Waals surface area contributed by atoms with Gasteiger partial charge in [0.05, 0.1) is 17.7 Å². The van der Waals surface area contributed by atoms with Crippen LogP contribution < -0.4 is 0 Å². The van der Waals surface area contributed by atoms with Gasteiger partial charge in [0.1, 0.15) is 0 Å². The number of hydrogen-bond acceptors (Lipinski definition) is 3. The summed E-state index contributed by atoms with van der Waals surface area (Å²) in [4.78, 5) is 1.85. The molecule has 0 aliphatic heterocycles. The smallest absolute Gasteiger partial charge is 0.0992 e. The number of rotatable bonds is 3. The van der Waals surface area contributed by atoms with Crippen molar-refractivity contribution in [3.05, 3.63) is 58.6 Å². The highest BCUT2D eigenvalue weighted by Crippen LogP contribution is 2.34. The number of aliphatic hydroxyl groups is 1. The second-order valence-corrected chi connectivity index (χ2v) is 5.65. The first-order valence-corrected chi connectivity index (χ1v) is 6.95. The normalized spacial score (nSPS) is 11.9. The number of halogens is 1. The molecule has 0 saturated carbocycles. The molecule has 0 bridgehead atoms. The summed E-state index contributed by atoms with van der Waals surface area (Å²) >= 11 is 7.45. The number of aliphatic hydroxyl groups excluding tert-OH is 1. The molecule has 0 spiro atoms. The Bertz CT molecular complexity index is 634. The van der Waals surface area contributed by atoms with Crippen molar-refractivity contribution in [2.45, 2.75) is 22.8 Å². The molecule has 0 radical (unpaired) electrons. The van der Waals surface area contributed by atoms with Crippen molar-refractivity contribution in [1.29, 1.82) is 5.26 Å². The molecular weight excluding hydrogens is 278 g/mol. The van der Waals surface area contributed by atoms with Crippen LogP contribution in [0.15, 0.2) is 52.3 Å². The summed E-state index contributed by atoms with van der Waals surface area (Å²) < 4.78 is 0. The minimum absolute atomic E-state index is 0.575. The fourth-order valence-corrected chi connectivity index (χ4v) is 3.08. The molecule has 2 nitrogen and oxygen atoms in total. The van der Waals surface area contributed by atoms with E-state index in [1.807, 2.05) is 24.3 Å². The van der Waals surface area contributed by atoms with Gasteiger partial charge in [0.2, 0.25) is 0 Å². The highest BCUT2D eigenvalue weighted by molar-refractivity contribution is 7.99. The van der Waals surface area contributed by atoms with Crippen molar-refractivity contribution < 1.29 is 5.11 Å². The van der Waals surface area contributed by atoms with Gasteiger partial charge in [0.25, 0.3) is 0 Å². The van der Waals surface area contributed by atoms with E-state index in [9.17, 15) is 5.11 Å². The van der Waals surface area contributed by atoms with E-state index in [-0.39, 0.29) is 0 Å². The topological polar surface area (TPSA) is 44.0 Å². The van der Waals surface area contributed by atoms with Gasteiger partial charge in [-0.2, -0.15) is 5.26 Å². The third-order valence-electron chi connectivity index (χ3n) is 2.62. The van der Waals surface area contributed by atoms with Crippen LogP contribution in [0.4, 0.5) is 0 Å². The van der Waals surface area contributed by atoms with Crippen molar-refractivity contribution in [1.82, 2.24) is 0 Å². The predicted octanol–water partition coefficient (Wildman–Crippen LogP) is 4.42. The molecule has 1 unspecified atom stereocenters. The summed E-state index contributed by atoms with van der Waals surface area (Å²) in [7, 11) is 0. The quantitative estimate of drug-likeness (QED) is 0.910. The Morgan fingerprint density at radius 3 is 2.68 bits per heavy atom. The maximum atomic E-state index is 9.78. The molecule has 0 heterocycles. The average Bonchev–Trinajstić information content (AvgIpc) is 2.38. The monoisotopic (exact) mass is 289 g/mol. The van der Waals surface area contributed by atoms with E-state index >= 15 is 0 Å². The van der Waals surface area contributed by atoms with Crippen LogP contribution in [-0.4, -0.2) is 5.11 Å². The zero-order chi connectivity index (χ0) is 13.8. The molecule has 2 rings (SSSR count). The van der Waals surface area contributed by atoms with Crippen LogP contribution in [-0.2, 0) is 0 Å². The molecule has 0 aromatic heterocycles. The van der Waals surface area contributed by atoms with Crippen LogP contribution in [0.2, 0.25) is 5.02 Å². The number of benzene rings is 2. The van der Waals surface area contributed by atoms with Gasteiger partial charge in [-0.15, -0.1) is 0 Å². The largest absolute Gasteiger partial charge is 0.389 e. The Morgan fingerprint density at radius 1 is 1.26 bits per heavy atom. The molecule has 1 atom stereocenters. The van der Waals surface area contributed by atoms with E-state index < -0.39 is 6.10 Å². The van der Waals surface area contributed by atoms with Gasteiger partial charge < -0.3 is 5.11 Å². The van der Waals surface area contributed by atoms with E-state index in [0.717, 1.165) is 15.4 Å². The molecule has 0 fully saturated rings. The van der Waals surface area contributed by atoms with E-state index in [2.05, 4.69) is 6.07 Å². The second kappa shape index (κ2) is 6.12. The fraction of sp³-hybridized carbons (Fsp3) is 0.133. The minimum Gasteiger partial charge on any atom is -0.389 e. The SMILES string of the molecule is CC(O)c1ccc(C#N)cc1Sc1cccc(Cl)c1. The molecule has 4 heteroatoms. The van der Waals surface area contributed by atoms with Crippen LogP contribution in [0.5, 0.6) is 0 Å². The van der Waals surface area contributed by atoms with Crippen molar-refractivity contribution >= 4 is 23.4 Å². The molecule has 0 saturated heterocycles. The lowest BCUT2D eigenvalue weighted by Gasteiger charge is -2.12. The van der Waals surface area contributed by atoms with Crippen LogP contribution >= 0.6 is 23.4 Å². The van der Waals surface area contributed by atoms with Crippen molar-refractivity contribution in [2.24, 2.45) is 0 Å². The molecule has 0 aliphatic rings. The summed E-state index contributed by atoms with van der Waals surface area (Å²) in [6, 6.07) is 14.9. The van der Waals surface area contributed by atoms with Crippen LogP contribution in [0.1, 0.15) is 24.2 Å². The van der Waals surface area contributed by atoms with Crippen LogP contribution in [0, 0.1) is 11.3 Å². The van der Waals surface area contributed by atoms with Gasteiger partial charge in [0.15, 0.2) is 0 Å². The number of nitrogens with zero attached hydrogens (tertiary/aromatic N) is 1. The summed E-state index contributed by atoms with van der Waals surface area (Å²) in [6.07, 6.45) is -0.575. The zero-order valence-corrected chi connectivity index (χ0v) is 11.9. The molecular formula is C15H12ClNOS. The van der Waals surface area contributed by atoms with Gasteiger partial charge in [0, 0.05) is 14.8 Å². The van der Waals surface area contributed by atoms with Gasteiger partial charge in [-0.05, 0) is 42.8 Å². The lowest BCUT2D eigenvalue weighted by molar-refractivity contribution is 0.196. The predicted molar refractivity (Wildman–Crippen MR) is 77.4 cm³/mol. The summed E-state index contributed by atoms with van der Waals surface area (Å²) in [6.45, 7) is 1.71. The van der Waals surface area contributed by atoms with E-state index in [1.165, 1.54) is 11.8 Å². The van der Waals surface area contributed by atoms with Crippen molar-refractivity contribution in [2.75, 3.05) is 0 Å². The number of nitriles is 1. The molecule has 96 valence electrons. The van der Waals surface area contributed by atoms with E-state index in [0.29, 0.717) is 10.6 Å². The molecule has 0 aliphatic carbocycles. The third-order valence-corrected chi connectivity index (χ3v) is 3.91. The molecule has 2 aromatic carbocycles. The molecule has 19 heavy (non-hydrogen) atoms. The second-order valence-electron chi connectivity index (χ2n) is 4.10. The minimum atomic E-state index is -0.575. The first-order valence-electron chi connectivity index (χ1n) is 5.75. The van der Waals surface area contributed by atoms with Gasteiger partial charge in [-0.1, -0.05) is 35.5 Å². The Kier molecular flexibility index (Phi) is 4.49. The Hall–Kier alpha value is -1.47. The first-order chi connectivity index (χ1) is 9.10. The van der Waals surface area contributed by atoms with Gasteiger partial charge >= 0.3 is 0 Å². The Balaban J connectivity index is 2.40. The third kappa shape index (κ3) is 3.51. The average molecular weight is 290 g/mol. The zero-order valence-electron chi connectivity index (χ0n) is 10.3. The van der Waals surface area contributed by atoms with E-state index in [4.69, 9.17) is 16.9 Å². The van der Waals surface area contributed by atoms with Crippen molar-refractivity contribution in [3.63, 3.8) is 0 Å². The van der Waals surface area contributed by atoms with E-state index in [1.54, 1.807) is 25.1 Å². The van der Waals surface area contributed by atoms with Crippen LogP contribution in [0.3, 0.4) is 0 Å². The maximum absolute atomic E-state index is 9.78. The molecule has 0 amide bonds. The number of hydrogen-bond donors (Lipinski definition) is 1. The standard InChI is InChI=1S/C15H12ClNOS/c1-10(18)14-6-5-11(9-17)7-15(14)19-13-4-2-3-12(16)8-13/h2-8,10,18H,1H3. The highest BCUT2D eigenvalue weighted by atomic mass is 35.5. The Morgan fingerprint density at radius 2 is 2.05 bits per heavy atom. The van der Waals surface area contributed by atoms with Crippen molar-refractivity contribution in [3.8, 4) is 6.07 Å². The highest BCUT2D eigenvalue weighted by Gasteiger charge is 2.10. The molecule has 2 aromatic rings. The summed E-state index contributed by atoms with van der Waals surface area (Å²) in [5.41, 5.74) is 1.39. The maximum Gasteiger partial charge on any atom is 0.0992 e. The lowest BCUT2D eigenvalue weighted by Crippen LogP contribution is -1.94. The first kappa shape index (κ1) is 14.0.